The van der Waals surface area contributed by atoms with E-state index in [1.165, 1.54) is 24.3 Å². The van der Waals surface area contributed by atoms with Gasteiger partial charge < -0.3 is 4.74 Å². The molecule has 58 valence electrons. The van der Waals surface area contributed by atoms with Crippen molar-refractivity contribution >= 4 is 21.6 Å². The first-order chi connectivity index (χ1) is 4.95. The van der Waals surface area contributed by atoms with Crippen LogP contribution >= 0.6 is 21.6 Å². The molecule has 1 atom stereocenters. The van der Waals surface area contributed by atoms with Crippen LogP contribution in [0.4, 0.5) is 0 Å². The van der Waals surface area contributed by atoms with Crippen molar-refractivity contribution in [3.63, 3.8) is 0 Å². The van der Waals surface area contributed by atoms with E-state index in [9.17, 15) is 0 Å². The molecule has 1 nitrogen and oxygen atoms in total. The van der Waals surface area contributed by atoms with E-state index in [1.807, 2.05) is 21.6 Å². The first-order valence-corrected chi connectivity index (χ1v) is 6.30. The molecule has 1 aliphatic heterocycles. The molecular formula is C7H12OS2. The fourth-order valence-electron chi connectivity index (χ4n) is 0.717. The monoisotopic (exact) mass is 176 g/mol. The lowest BCUT2D eigenvalue weighted by molar-refractivity contribution is 0.426. The quantitative estimate of drug-likeness (QED) is 0.362. The molecule has 2 aliphatic rings. The number of ether oxygens (including phenoxy) is 1. The van der Waals surface area contributed by atoms with Gasteiger partial charge in [-0.05, 0) is 18.8 Å². The van der Waals surface area contributed by atoms with Crippen LogP contribution in [0.5, 0.6) is 0 Å². The Bertz CT molecular complexity index is 96.2. The zero-order valence-corrected chi connectivity index (χ0v) is 7.55. The third kappa shape index (κ3) is 2.72. The van der Waals surface area contributed by atoms with Crippen LogP contribution in [-0.4, -0.2) is 24.2 Å². The van der Waals surface area contributed by atoms with E-state index in [0.717, 1.165) is 12.5 Å². The van der Waals surface area contributed by atoms with Crippen molar-refractivity contribution in [1.82, 2.24) is 0 Å². The summed E-state index contributed by atoms with van der Waals surface area (Å²) in [5.41, 5.74) is 0. The normalized spacial score (nSPS) is 30.6. The maximum atomic E-state index is 5.10. The average Bonchev–Trinajstić information content (AvgIpc) is 2.77. The van der Waals surface area contributed by atoms with Crippen LogP contribution in [0.15, 0.2) is 0 Å². The molecule has 0 aromatic carbocycles. The SMILES string of the molecule is C1CC1CSSCC1CO1. The van der Waals surface area contributed by atoms with Crippen LogP contribution in [0, 0.1) is 5.92 Å². The largest absolute Gasteiger partial charge is 0.372 e. The van der Waals surface area contributed by atoms with E-state index in [2.05, 4.69) is 0 Å². The summed E-state index contributed by atoms with van der Waals surface area (Å²) in [7, 11) is 4.01. The Kier molecular flexibility index (Phi) is 2.47. The molecule has 0 aromatic rings. The fourth-order valence-corrected chi connectivity index (χ4v) is 3.39. The maximum absolute atomic E-state index is 5.10. The first-order valence-electron chi connectivity index (χ1n) is 3.81. The molecule has 0 aromatic heterocycles. The summed E-state index contributed by atoms with van der Waals surface area (Å²) in [5.74, 6) is 3.65. The maximum Gasteiger partial charge on any atom is 0.0908 e. The molecule has 1 aliphatic carbocycles. The lowest BCUT2D eigenvalue weighted by Crippen LogP contribution is -1.86. The van der Waals surface area contributed by atoms with E-state index < -0.39 is 0 Å². The second kappa shape index (κ2) is 3.37. The molecule has 1 saturated carbocycles. The highest BCUT2D eigenvalue weighted by Crippen LogP contribution is 2.37. The zero-order chi connectivity index (χ0) is 6.81. The lowest BCUT2D eigenvalue weighted by atomic mass is 10.5. The predicted octanol–water partition coefficient (Wildman–Crippen LogP) is 2.18. The molecule has 2 rings (SSSR count). The van der Waals surface area contributed by atoms with Gasteiger partial charge in [0.05, 0.1) is 12.7 Å². The van der Waals surface area contributed by atoms with Gasteiger partial charge in [-0.2, -0.15) is 0 Å². The topological polar surface area (TPSA) is 12.5 Å². The highest BCUT2D eigenvalue weighted by Gasteiger charge is 2.24. The van der Waals surface area contributed by atoms with Crippen molar-refractivity contribution in [1.29, 1.82) is 0 Å². The van der Waals surface area contributed by atoms with Gasteiger partial charge in [0, 0.05) is 11.5 Å². The highest BCUT2D eigenvalue weighted by atomic mass is 33.1. The van der Waals surface area contributed by atoms with Crippen molar-refractivity contribution in [3.8, 4) is 0 Å². The number of rotatable bonds is 5. The molecule has 2 fully saturated rings. The van der Waals surface area contributed by atoms with Gasteiger partial charge >= 0.3 is 0 Å². The minimum Gasteiger partial charge on any atom is -0.372 e. The van der Waals surface area contributed by atoms with E-state index in [4.69, 9.17) is 4.74 Å². The Morgan fingerprint density at radius 1 is 1.20 bits per heavy atom. The highest BCUT2D eigenvalue weighted by molar-refractivity contribution is 8.76. The van der Waals surface area contributed by atoms with E-state index in [-0.39, 0.29) is 0 Å². The summed E-state index contributed by atoms with van der Waals surface area (Å²) in [6, 6.07) is 0. The molecule has 0 N–H and O–H groups in total. The first kappa shape index (κ1) is 7.32. The van der Waals surface area contributed by atoms with Crippen LogP contribution in [0.3, 0.4) is 0 Å². The van der Waals surface area contributed by atoms with Crippen molar-refractivity contribution in [2.75, 3.05) is 18.1 Å². The van der Waals surface area contributed by atoms with Crippen LogP contribution in [0.1, 0.15) is 12.8 Å². The number of hydrogen-bond donors (Lipinski definition) is 0. The minimum atomic E-state index is 0.608. The summed E-state index contributed by atoms with van der Waals surface area (Å²) in [6.07, 6.45) is 3.57. The van der Waals surface area contributed by atoms with Gasteiger partial charge in [-0.1, -0.05) is 21.6 Å². The second-order valence-electron chi connectivity index (χ2n) is 2.97. The fraction of sp³-hybridized carbons (Fsp3) is 1.00. The molecule has 1 unspecified atom stereocenters. The van der Waals surface area contributed by atoms with E-state index in [1.54, 1.807) is 0 Å². The van der Waals surface area contributed by atoms with Gasteiger partial charge in [0.25, 0.3) is 0 Å². The summed E-state index contributed by atoms with van der Waals surface area (Å²) < 4.78 is 5.10. The van der Waals surface area contributed by atoms with Crippen LogP contribution in [0.25, 0.3) is 0 Å². The second-order valence-corrected chi connectivity index (χ2v) is 5.52. The van der Waals surface area contributed by atoms with Gasteiger partial charge in [0.1, 0.15) is 0 Å². The summed E-state index contributed by atoms with van der Waals surface area (Å²) in [6.45, 7) is 1.01. The van der Waals surface area contributed by atoms with Crippen molar-refractivity contribution in [3.05, 3.63) is 0 Å². The molecular weight excluding hydrogens is 164 g/mol. The number of epoxide rings is 1. The molecule has 10 heavy (non-hydrogen) atoms. The van der Waals surface area contributed by atoms with E-state index in [0.29, 0.717) is 6.10 Å². The Morgan fingerprint density at radius 2 is 1.90 bits per heavy atom. The van der Waals surface area contributed by atoms with Gasteiger partial charge in [-0.15, -0.1) is 0 Å². The van der Waals surface area contributed by atoms with Gasteiger partial charge in [0.2, 0.25) is 0 Å². The summed E-state index contributed by atoms with van der Waals surface area (Å²) >= 11 is 0. The third-order valence-corrected chi connectivity index (χ3v) is 4.34. The standard InChI is InChI=1S/C7H12OS2/c1-2-6(1)4-9-10-5-7-3-8-7/h6-7H,1-5H2. The Morgan fingerprint density at radius 3 is 2.50 bits per heavy atom. The Hall–Kier alpha value is 0.660. The van der Waals surface area contributed by atoms with Crippen molar-refractivity contribution in [2.45, 2.75) is 18.9 Å². The van der Waals surface area contributed by atoms with E-state index >= 15 is 0 Å². The predicted molar refractivity (Wildman–Crippen MR) is 47.4 cm³/mol. The van der Waals surface area contributed by atoms with Crippen LogP contribution in [-0.2, 0) is 4.74 Å². The molecule has 3 heteroatoms. The van der Waals surface area contributed by atoms with Crippen molar-refractivity contribution in [2.24, 2.45) is 5.92 Å². The molecule has 0 spiro atoms. The minimum absolute atomic E-state index is 0.608. The number of hydrogen-bond acceptors (Lipinski definition) is 3. The molecule has 1 heterocycles. The van der Waals surface area contributed by atoms with Gasteiger partial charge in [0.15, 0.2) is 0 Å². The lowest BCUT2D eigenvalue weighted by Gasteiger charge is -1.94. The molecule has 0 radical (unpaired) electrons. The Labute approximate surface area is 69.7 Å². The summed E-state index contributed by atoms with van der Waals surface area (Å²) in [5, 5.41) is 0. The van der Waals surface area contributed by atoms with Crippen LogP contribution < -0.4 is 0 Å². The van der Waals surface area contributed by atoms with Gasteiger partial charge in [-0.25, -0.2) is 0 Å². The Balaban J connectivity index is 1.40. The molecule has 0 amide bonds. The zero-order valence-electron chi connectivity index (χ0n) is 5.91. The van der Waals surface area contributed by atoms with Crippen LogP contribution in [0.2, 0.25) is 0 Å². The smallest absolute Gasteiger partial charge is 0.0908 e. The average molecular weight is 176 g/mol. The molecule has 1 saturated heterocycles. The molecule has 0 bridgehead atoms. The van der Waals surface area contributed by atoms with Crippen molar-refractivity contribution < 1.29 is 4.74 Å². The van der Waals surface area contributed by atoms with Gasteiger partial charge in [-0.3, -0.25) is 0 Å². The third-order valence-electron chi connectivity index (χ3n) is 1.74. The summed E-state index contributed by atoms with van der Waals surface area (Å²) in [4.78, 5) is 0.